The zero-order valence-corrected chi connectivity index (χ0v) is 11.5. The van der Waals surface area contributed by atoms with E-state index in [0.29, 0.717) is 32.5 Å². The quantitative estimate of drug-likeness (QED) is 0.877. The maximum atomic E-state index is 12.3. The second-order valence-corrected chi connectivity index (χ2v) is 5.60. The van der Waals surface area contributed by atoms with Gasteiger partial charge in [-0.2, -0.15) is 0 Å². The Morgan fingerprint density at radius 2 is 2.25 bits per heavy atom. The lowest BCUT2D eigenvalue weighted by Crippen LogP contribution is -2.48. The molecule has 3 rings (SSSR count). The van der Waals surface area contributed by atoms with Crippen molar-refractivity contribution in [3.8, 4) is 0 Å². The Bertz CT molecular complexity index is 463. The van der Waals surface area contributed by atoms with E-state index in [1.807, 2.05) is 17.0 Å². The second kappa shape index (κ2) is 5.50. The summed E-state index contributed by atoms with van der Waals surface area (Å²) in [5.74, 6) is 0.0794. The molecule has 2 aliphatic rings. The van der Waals surface area contributed by atoms with Gasteiger partial charge in [0.2, 0.25) is 0 Å². The van der Waals surface area contributed by atoms with Crippen LogP contribution in [0.5, 0.6) is 0 Å². The van der Waals surface area contributed by atoms with Crippen molar-refractivity contribution in [2.24, 2.45) is 0 Å². The minimum atomic E-state index is -0.860. The van der Waals surface area contributed by atoms with Gasteiger partial charge in [0.05, 0.1) is 5.60 Å². The molecule has 5 heteroatoms. The van der Waals surface area contributed by atoms with Crippen LogP contribution in [-0.4, -0.2) is 46.7 Å². The first kappa shape index (κ1) is 13.5. The van der Waals surface area contributed by atoms with Gasteiger partial charge in [0.25, 0.3) is 5.91 Å². The molecule has 1 aromatic heterocycles. The standard InChI is InChI=1S/C15H20N2O3/c18-14(13-4-2-10-20-13)17-8-5-15(19,6-9-17)12-3-1-7-16-11-12/h1,3,7,11,13,19H,2,4-6,8-10H2/t13-/m0/s1. The average Bonchev–Trinajstić information content (AvgIpc) is 3.02. The number of ether oxygens (including phenoxy) is 1. The zero-order valence-electron chi connectivity index (χ0n) is 11.5. The van der Waals surface area contributed by atoms with Gasteiger partial charge in [-0.05, 0) is 31.7 Å². The SMILES string of the molecule is O=C([C@@H]1CCCO1)N1CCC(O)(c2cccnc2)CC1. The molecular weight excluding hydrogens is 256 g/mol. The lowest BCUT2D eigenvalue weighted by atomic mass is 9.85. The molecule has 108 valence electrons. The van der Waals surface area contributed by atoms with Crippen LogP contribution in [0.15, 0.2) is 24.5 Å². The van der Waals surface area contributed by atoms with E-state index in [0.717, 1.165) is 18.4 Å². The number of piperidine rings is 1. The molecule has 2 fully saturated rings. The number of amides is 1. The van der Waals surface area contributed by atoms with Crippen LogP contribution in [0.3, 0.4) is 0 Å². The molecule has 0 saturated carbocycles. The van der Waals surface area contributed by atoms with Gasteiger partial charge in [-0.1, -0.05) is 6.07 Å². The van der Waals surface area contributed by atoms with Gasteiger partial charge in [-0.3, -0.25) is 9.78 Å². The molecule has 0 aromatic carbocycles. The summed E-state index contributed by atoms with van der Waals surface area (Å²) in [5.41, 5.74) is -0.0223. The van der Waals surface area contributed by atoms with Gasteiger partial charge in [0.15, 0.2) is 0 Å². The highest BCUT2D eigenvalue weighted by Gasteiger charge is 2.37. The largest absolute Gasteiger partial charge is 0.385 e. The monoisotopic (exact) mass is 276 g/mol. The Morgan fingerprint density at radius 1 is 1.45 bits per heavy atom. The highest BCUT2D eigenvalue weighted by atomic mass is 16.5. The Labute approximate surface area is 118 Å². The van der Waals surface area contributed by atoms with Crippen molar-refractivity contribution in [2.75, 3.05) is 19.7 Å². The number of pyridine rings is 1. The zero-order chi connectivity index (χ0) is 14.0. The van der Waals surface area contributed by atoms with Crippen LogP contribution in [0.25, 0.3) is 0 Å². The Kier molecular flexibility index (Phi) is 3.72. The highest BCUT2D eigenvalue weighted by Crippen LogP contribution is 2.32. The first-order valence-corrected chi connectivity index (χ1v) is 7.22. The Hall–Kier alpha value is -1.46. The number of carbonyl (C=O) groups excluding carboxylic acids is 1. The number of hydrogen-bond donors (Lipinski definition) is 1. The molecule has 0 aliphatic carbocycles. The molecule has 0 radical (unpaired) electrons. The van der Waals surface area contributed by atoms with Gasteiger partial charge in [0.1, 0.15) is 6.10 Å². The van der Waals surface area contributed by atoms with Crippen LogP contribution in [0.1, 0.15) is 31.2 Å². The first-order chi connectivity index (χ1) is 9.69. The maximum Gasteiger partial charge on any atom is 0.251 e. The molecule has 0 spiro atoms. The van der Waals surface area contributed by atoms with E-state index in [1.54, 1.807) is 12.4 Å². The van der Waals surface area contributed by atoms with Crippen molar-refractivity contribution in [3.05, 3.63) is 30.1 Å². The predicted octanol–water partition coefficient (Wildman–Crippen LogP) is 1.07. The van der Waals surface area contributed by atoms with Crippen molar-refractivity contribution < 1.29 is 14.6 Å². The minimum absolute atomic E-state index is 0.0794. The summed E-state index contributed by atoms with van der Waals surface area (Å²) in [6, 6.07) is 3.72. The van der Waals surface area contributed by atoms with Gasteiger partial charge in [0, 0.05) is 37.7 Å². The van der Waals surface area contributed by atoms with Crippen molar-refractivity contribution in [1.82, 2.24) is 9.88 Å². The summed E-state index contributed by atoms with van der Waals surface area (Å²) >= 11 is 0. The summed E-state index contributed by atoms with van der Waals surface area (Å²) in [6.07, 6.45) is 6.03. The van der Waals surface area contributed by atoms with Crippen LogP contribution in [0.2, 0.25) is 0 Å². The highest BCUT2D eigenvalue weighted by molar-refractivity contribution is 5.81. The third kappa shape index (κ3) is 2.55. The molecule has 20 heavy (non-hydrogen) atoms. The third-order valence-corrected chi connectivity index (χ3v) is 4.31. The molecule has 0 unspecified atom stereocenters. The van der Waals surface area contributed by atoms with Crippen LogP contribution in [-0.2, 0) is 15.1 Å². The van der Waals surface area contributed by atoms with E-state index in [2.05, 4.69) is 4.98 Å². The summed E-state index contributed by atoms with van der Waals surface area (Å²) in [4.78, 5) is 18.1. The second-order valence-electron chi connectivity index (χ2n) is 5.60. The van der Waals surface area contributed by atoms with Gasteiger partial charge in [-0.25, -0.2) is 0 Å². The van der Waals surface area contributed by atoms with Crippen molar-refractivity contribution in [3.63, 3.8) is 0 Å². The molecule has 2 aliphatic heterocycles. The molecule has 1 aromatic rings. The van der Waals surface area contributed by atoms with E-state index in [-0.39, 0.29) is 12.0 Å². The molecule has 2 saturated heterocycles. The molecular formula is C15H20N2O3. The molecule has 3 heterocycles. The maximum absolute atomic E-state index is 12.3. The van der Waals surface area contributed by atoms with E-state index < -0.39 is 5.60 Å². The fourth-order valence-electron chi connectivity index (χ4n) is 3.00. The van der Waals surface area contributed by atoms with Gasteiger partial charge in [-0.15, -0.1) is 0 Å². The first-order valence-electron chi connectivity index (χ1n) is 7.22. The normalized spacial score (nSPS) is 25.6. The lowest BCUT2D eigenvalue weighted by molar-refractivity contribution is -0.145. The lowest BCUT2D eigenvalue weighted by Gasteiger charge is -2.39. The van der Waals surface area contributed by atoms with Crippen LogP contribution < -0.4 is 0 Å². The Morgan fingerprint density at radius 3 is 2.85 bits per heavy atom. The summed E-state index contributed by atoms with van der Waals surface area (Å²) in [6.45, 7) is 1.83. The molecule has 5 nitrogen and oxygen atoms in total. The van der Waals surface area contributed by atoms with E-state index >= 15 is 0 Å². The van der Waals surface area contributed by atoms with Gasteiger partial charge >= 0.3 is 0 Å². The number of likely N-dealkylation sites (tertiary alicyclic amines) is 1. The van der Waals surface area contributed by atoms with E-state index in [1.165, 1.54) is 0 Å². The van der Waals surface area contributed by atoms with Crippen LogP contribution in [0.4, 0.5) is 0 Å². The minimum Gasteiger partial charge on any atom is -0.385 e. The van der Waals surface area contributed by atoms with Crippen molar-refractivity contribution in [2.45, 2.75) is 37.4 Å². The Balaban J connectivity index is 1.63. The van der Waals surface area contributed by atoms with Crippen molar-refractivity contribution in [1.29, 1.82) is 0 Å². The van der Waals surface area contributed by atoms with Crippen LogP contribution in [0, 0.1) is 0 Å². The summed E-state index contributed by atoms with van der Waals surface area (Å²) in [7, 11) is 0. The van der Waals surface area contributed by atoms with Crippen molar-refractivity contribution >= 4 is 5.91 Å². The topological polar surface area (TPSA) is 62.7 Å². The van der Waals surface area contributed by atoms with Crippen LogP contribution >= 0.6 is 0 Å². The number of aromatic nitrogens is 1. The molecule has 0 bridgehead atoms. The number of rotatable bonds is 2. The number of carbonyl (C=O) groups is 1. The third-order valence-electron chi connectivity index (χ3n) is 4.31. The number of aliphatic hydroxyl groups is 1. The molecule has 1 atom stereocenters. The predicted molar refractivity (Wildman–Crippen MR) is 72.9 cm³/mol. The summed E-state index contributed by atoms with van der Waals surface area (Å²) < 4.78 is 5.44. The fraction of sp³-hybridized carbons (Fsp3) is 0.600. The number of hydrogen-bond acceptors (Lipinski definition) is 4. The molecule has 1 amide bonds. The molecule has 1 N–H and O–H groups in total. The number of nitrogens with zero attached hydrogens (tertiary/aromatic N) is 2. The average molecular weight is 276 g/mol. The summed E-state index contributed by atoms with van der Waals surface area (Å²) in [5, 5.41) is 10.7. The smallest absolute Gasteiger partial charge is 0.251 e. The van der Waals surface area contributed by atoms with E-state index in [9.17, 15) is 9.90 Å². The van der Waals surface area contributed by atoms with E-state index in [4.69, 9.17) is 4.74 Å². The fourth-order valence-corrected chi connectivity index (χ4v) is 3.00. The van der Waals surface area contributed by atoms with Gasteiger partial charge < -0.3 is 14.7 Å².